The fraction of sp³-hybridized carbons (Fsp3) is 0.394. The zero-order valence-electron chi connectivity index (χ0n) is 23.5. The van der Waals surface area contributed by atoms with E-state index < -0.39 is 23.1 Å². The Labute approximate surface area is 239 Å². The number of carboxylic acid groups (broad SMARTS) is 1. The van der Waals surface area contributed by atoms with Gasteiger partial charge in [0.05, 0.1) is 12.0 Å². The molecule has 41 heavy (non-hydrogen) atoms. The van der Waals surface area contributed by atoms with Gasteiger partial charge in [-0.05, 0) is 67.1 Å². The standard InChI is InChI=1S/C33H37F3N2O3/c1-32(23-30(39)40,25-9-4-3-5-10-25)19-8-20-38-21-17-27(18-22-38)37(2)31(41)29-12-7-6-11-28(29)24-13-15-26(16-14-24)33(34,35)36/h3-7,9-16,27H,8,17-23H2,1-2H3,(H,39,40). The van der Waals surface area contributed by atoms with Crippen LogP contribution in [0.2, 0.25) is 0 Å². The van der Waals surface area contributed by atoms with E-state index in [9.17, 15) is 27.9 Å². The summed E-state index contributed by atoms with van der Waals surface area (Å²) in [4.78, 5) is 29.2. The Kier molecular flexibility index (Phi) is 9.53. The van der Waals surface area contributed by atoms with Crippen molar-refractivity contribution in [3.05, 3.63) is 95.6 Å². The molecule has 8 heteroatoms. The van der Waals surface area contributed by atoms with Crippen LogP contribution in [0.15, 0.2) is 78.9 Å². The van der Waals surface area contributed by atoms with Gasteiger partial charge >= 0.3 is 12.1 Å². The maximum absolute atomic E-state index is 13.5. The van der Waals surface area contributed by atoms with Gasteiger partial charge in [0.1, 0.15) is 0 Å². The molecule has 0 spiro atoms. The molecule has 3 aromatic carbocycles. The number of amides is 1. The Morgan fingerprint density at radius 3 is 2.12 bits per heavy atom. The molecule has 1 aliphatic rings. The number of rotatable bonds is 10. The van der Waals surface area contributed by atoms with Crippen molar-refractivity contribution in [2.24, 2.45) is 0 Å². The van der Waals surface area contributed by atoms with Crippen molar-refractivity contribution in [2.45, 2.75) is 56.7 Å². The minimum absolute atomic E-state index is 0.0565. The summed E-state index contributed by atoms with van der Waals surface area (Å²) < 4.78 is 39.1. The molecule has 1 fully saturated rings. The van der Waals surface area contributed by atoms with Gasteiger partial charge in [0.2, 0.25) is 0 Å². The quantitative estimate of drug-likeness (QED) is 0.284. The number of likely N-dealkylation sites (tertiary alicyclic amines) is 1. The van der Waals surface area contributed by atoms with Crippen molar-refractivity contribution in [1.29, 1.82) is 0 Å². The molecule has 1 unspecified atom stereocenters. The van der Waals surface area contributed by atoms with Gasteiger partial charge < -0.3 is 14.9 Å². The lowest BCUT2D eigenvalue weighted by Crippen LogP contribution is -2.46. The Balaban J connectivity index is 1.34. The van der Waals surface area contributed by atoms with Gasteiger partial charge in [-0.3, -0.25) is 9.59 Å². The topological polar surface area (TPSA) is 60.9 Å². The first-order valence-electron chi connectivity index (χ1n) is 14.0. The number of carbonyl (C=O) groups excluding carboxylic acids is 1. The smallest absolute Gasteiger partial charge is 0.416 e. The van der Waals surface area contributed by atoms with Crippen molar-refractivity contribution in [3.8, 4) is 11.1 Å². The molecule has 0 bridgehead atoms. The predicted octanol–water partition coefficient (Wildman–Crippen LogP) is 7.12. The van der Waals surface area contributed by atoms with E-state index in [4.69, 9.17) is 0 Å². The van der Waals surface area contributed by atoms with Crippen molar-refractivity contribution in [1.82, 2.24) is 9.80 Å². The summed E-state index contributed by atoms with van der Waals surface area (Å²) in [7, 11) is 1.80. The fourth-order valence-electron chi connectivity index (χ4n) is 5.85. The van der Waals surface area contributed by atoms with Crippen molar-refractivity contribution >= 4 is 11.9 Å². The first-order valence-corrected chi connectivity index (χ1v) is 14.0. The fourth-order valence-corrected chi connectivity index (χ4v) is 5.85. The predicted molar refractivity (Wildman–Crippen MR) is 154 cm³/mol. The normalized spacial score (nSPS) is 16.2. The lowest BCUT2D eigenvalue weighted by Gasteiger charge is -2.37. The van der Waals surface area contributed by atoms with Crippen molar-refractivity contribution in [2.75, 3.05) is 26.7 Å². The van der Waals surface area contributed by atoms with E-state index in [-0.39, 0.29) is 18.4 Å². The molecule has 0 radical (unpaired) electrons. The van der Waals surface area contributed by atoms with Gasteiger partial charge in [0, 0.05) is 37.2 Å². The van der Waals surface area contributed by atoms with Crippen molar-refractivity contribution < 1.29 is 27.9 Å². The number of alkyl halides is 3. The van der Waals surface area contributed by atoms with Gasteiger partial charge in [0.15, 0.2) is 0 Å². The molecule has 1 N–H and O–H groups in total. The average Bonchev–Trinajstić information content (AvgIpc) is 2.96. The molecular formula is C33H37F3N2O3. The minimum Gasteiger partial charge on any atom is -0.481 e. The van der Waals surface area contributed by atoms with Crippen LogP contribution in [0.3, 0.4) is 0 Å². The Morgan fingerprint density at radius 1 is 0.902 bits per heavy atom. The first-order chi connectivity index (χ1) is 19.5. The molecule has 5 nitrogen and oxygen atoms in total. The molecule has 0 saturated carbocycles. The second-order valence-electron chi connectivity index (χ2n) is 11.2. The Hall–Kier alpha value is -3.65. The number of hydrogen-bond acceptors (Lipinski definition) is 3. The van der Waals surface area contributed by atoms with Gasteiger partial charge in [-0.1, -0.05) is 67.6 Å². The van der Waals surface area contributed by atoms with Crippen LogP contribution in [-0.4, -0.2) is 59.5 Å². The van der Waals surface area contributed by atoms with E-state index in [1.165, 1.54) is 12.1 Å². The molecule has 0 aliphatic carbocycles. The molecule has 4 rings (SSSR count). The first kappa shape index (κ1) is 30.3. The molecule has 1 saturated heterocycles. The zero-order valence-corrected chi connectivity index (χ0v) is 23.5. The lowest BCUT2D eigenvalue weighted by molar-refractivity contribution is -0.139. The second-order valence-corrected chi connectivity index (χ2v) is 11.2. The van der Waals surface area contributed by atoms with Crippen LogP contribution in [0.5, 0.6) is 0 Å². The summed E-state index contributed by atoms with van der Waals surface area (Å²) in [5, 5.41) is 9.51. The highest BCUT2D eigenvalue weighted by Gasteiger charge is 2.32. The summed E-state index contributed by atoms with van der Waals surface area (Å²) in [6, 6.07) is 21.8. The lowest BCUT2D eigenvalue weighted by atomic mass is 9.76. The van der Waals surface area contributed by atoms with Crippen LogP contribution in [0.25, 0.3) is 11.1 Å². The largest absolute Gasteiger partial charge is 0.481 e. The van der Waals surface area contributed by atoms with E-state index >= 15 is 0 Å². The molecule has 1 atom stereocenters. The maximum Gasteiger partial charge on any atom is 0.416 e. The second kappa shape index (κ2) is 12.9. The number of aliphatic carboxylic acids is 1. The Bertz CT molecular complexity index is 1320. The van der Waals surface area contributed by atoms with Crippen molar-refractivity contribution in [3.63, 3.8) is 0 Å². The maximum atomic E-state index is 13.5. The van der Waals surface area contributed by atoms with E-state index in [1.54, 1.807) is 36.2 Å². The van der Waals surface area contributed by atoms with Crippen LogP contribution in [0.1, 0.15) is 60.5 Å². The molecular weight excluding hydrogens is 529 g/mol. The van der Waals surface area contributed by atoms with Crippen LogP contribution in [0, 0.1) is 0 Å². The van der Waals surface area contributed by atoms with Gasteiger partial charge in [-0.2, -0.15) is 13.2 Å². The summed E-state index contributed by atoms with van der Waals surface area (Å²) >= 11 is 0. The number of benzene rings is 3. The van der Waals surface area contributed by atoms with E-state index in [0.717, 1.165) is 63.0 Å². The van der Waals surface area contributed by atoms with E-state index in [0.29, 0.717) is 16.7 Å². The monoisotopic (exact) mass is 566 g/mol. The van der Waals surface area contributed by atoms with Gasteiger partial charge in [-0.25, -0.2) is 0 Å². The number of carboxylic acids is 1. The number of carbonyl (C=O) groups is 2. The number of piperidine rings is 1. The summed E-state index contributed by atoms with van der Waals surface area (Å²) in [6.45, 7) is 4.56. The highest BCUT2D eigenvalue weighted by molar-refractivity contribution is 6.01. The third-order valence-electron chi connectivity index (χ3n) is 8.32. The minimum atomic E-state index is -4.41. The van der Waals surface area contributed by atoms with Crippen LogP contribution < -0.4 is 0 Å². The highest BCUT2D eigenvalue weighted by Crippen LogP contribution is 2.34. The van der Waals surface area contributed by atoms with Crippen LogP contribution >= 0.6 is 0 Å². The summed E-state index contributed by atoms with van der Waals surface area (Å²) in [6.07, 6.45) is -1.06. The van der Waals surface area contributed by atoms with E-state index in [2.05, 4.69) is 4.90 Å². The molecule has 218 valence electrons. The van der Waals surface area contributed by atoms with E-state index in [1.807, 2.05) is 37.3 Å². The number of halogens is 3. The summed E-state index contributed by atoms with van der Waals surface area (Å²) in [5.41, 5.74) is 1.53. The average molecular weight is 567 g/mol. The van der Waals surface area contributed by atoms with Crippen LogP contribution in [0.4, 0.5) is 13.2 Å². The van der Waals surface area contributed by atoms with Gasteiger partial charge in [0.25, 0.3) is 5.91 Å². The number of hydrogen-bond donors (Lipinski definition) is 1. The third kappa shape index (κ3) is 7.55. The molecule has 1 amide bonds. The molecule has 3 aromatic rings. The highest BCUT2D eigenvalue weighted by atomic mass is 19.4. The summed E-state index contributed by atoms with van der Waals surface area (Å²) in [5.74, 6) is -0.948. The zero-order chi connectivity index (χ0) is 29.6. The third-order valence-corrected chi connectivity index (χ3v) is 8.32. The van der Waals surface area contributed by atoms with Crippen LogP contribution in [-0.2, 0) is 16.4 Å². The van der Waals surface area contributed by atoms with Gasteiger partial charge in [-0.15, -0.1) is 0 Å². The Morgan fingerprint density at radius 2 is 1.51 bits per heavy atom. The molecule has 1 aliphatic heterocycles. The molecule has 0 aromatic heterocycles. The SMILES string of the molecule is CN(C(=O)c1ccccc1-c1ccc(C(F)(F)F)cc1)C1CCN(CCCC(C)(CC(=O)O)c2ccccc2)CC1. The molecule has 1 heterocycles. The number of nitrogens with zero attached hydrogens (tertiary/aromatic N) is 2.